The van der Waals surface area contributed by atoms with E-state index in [4.69, 9.17) is 9.26 Å². The number of fused-ring (bicyclic) bond motifs is 1. The monoisotopic (exact) mass is 437 g/mol. The summed E-state index contributed by atoms with van der Waals surface area (Å²) in [4.78, 5) is 37.6. The lowest BCUT2D eigenvalue weighted by Crippen LogP contribution is -2.21. The Kier molecular flexibility index (Phi) is 5.47. The molecular formula is C21H19N5O4S. The Hall–Kier alpha value is -3.66. The zero-order chi connectivity index (χ0) is 22.0. The predicted octanol–water partition coefficient (Wildman–Crippen LogP) is 3.83. The quantitative estimate of drug-likeness (QED) is 0.468. The highest BCUT2D eigenvalue weighted by Crippen LogP contribution is 2.30. The molecule has 158 valence electrons. The highest BCUT2D eigenvalue weighted by Gasteiger charge is 2.22. The summed E-state index contributed by atoms with van der Waals surface area (Å²) in [5, 5.41) is 6.98. The van der Waals surface area contributed by atoms with Gasteiger partial charge in [-0.2, -0.15) is 0 Å². The molecule has 0 spiro atoms. The van der Waals surface area contributed by atoms with Gasteiger partial charge in [0, 0.05) is 23.9 Å². The molecule has 0 fully saturated rings. The van der Waals surface area contributed by atoms with Gasteiger partial charge in [-0.3, -0.25) is 10.1 Å². The molecule has 4 aromatic rings. The number of carbonyl (C=O) groups is 2. The molecule has 0 aliphatic heterocycles. The molecule has 0 saturated heterocycles. The minimum Gasteiger partial charge on any atom is -0.451 e. The van der Waals surface area contributed by atoms with Gasteiger partial charge in [0.15, 0.2) is 12.3 Å². The van der Waals surface area contributed by atoms with E-state index < -0.39 is 18.5 Å². The van der Waals surface area contributed by atoms with Crippen molar-refractivity contribution in [2.75, 3.05) is 11.9 Å². The SMILES string of the molecule is CC(C)(C)c1cc(NC(=O)COC(=O)c2nccnc2-c2nc3ccccc3s2)on1. The number of carbonyl (C=O) groups excluding carboxylic acids is 2. The minimum absolute atomic E-state index is 0.0101. The maximum Gasteiger partial charge on any atom is 0.359 e. The van der Waals surface area contributed by atoms with Crippen molar-refractivity contribution in [3.63, 3.8) is 0 Å². The first-order valence-corrected chi connectivity index (χ1v) is 10.2. The van der Waals surface area contributed by atoms with Crippen LogP contribution >= 0.6 is 11.3 Å². The van der Waals surface area contributed by atoms with Crippen LogP contribution in [-0.4, -0.2) is 38.6 Å². The third-order valence-electron chi connectivity index (χ3n) is 4.26. The maximum absolute atomic E-state index is 12.6. The van der Waals surface area contributed by atoms with Crippen molar-refractivity contribution in [1.29, 1.82) is 0 Å². The van der Waals surface area contributed by atoms with Gasteiger partial charge in [-0.1, -0.05) is 38.1 Å². The van der Waals surface area contributed by atoms with Crippen LogP contribution in [0.3, 0.4) is 0 Å². The fraction of sp³-hybridized carbons (Fsp3) is 0.238. The molecule has 0 unspecified atom stereocenters. The first-order chi connectivity index (χ1) is 14.8. The van der Waals surface area contributed by atoms with Crippen LogP contribution in [0.5, 0.6) is 0 Å². The topological polar surface area (TPSA) is 120 Å². The van der Waals surface area contributed by atoms with Gasteiger partial charge in [-0.25, -0.2) is 19.7 Å². The highest BCUT2D eigenvalue weighted by atomic mass is 32.1. The number of benzene rings is 1. The van der Waals surface area contributed by atoms with Crippen LogP contribution in [0.15, 0.2) is 47.2 Å². The molecule has 3 aromatic heterocycles. The number of thiazole rings is 1. The summed E-state index contributed by atoms with van der Waals surface area (Å²) in [5.41, 5.74) is 1.57. The molecule has 3 heterocycles. The van der Waals surface area contributed by atoms with Gasteiger partial charge in [0.2, 0.25) is 5.88 Å². The zero-order valence-corrected chi connectivity index (χ0v) is 17.9. The van der Waals surface area contributed by atoms with Crippen molar-refractivity contribution in [3.8, 4) is 10.7 Å². The van der Waals surface area contributed by atoms with Crippen molar-refractivity contribution in [2.45, 2.75) is 26.2 Å². The van der Waals surface area contributed by atoms with E-state index in [1.54, 1.807) is 6.07 Å². The van der Waals surface area contributed by atoms with Crippen molar-refractivity contribution in [1.82, 2.24) is 20.1 Å². The lowest BCUT2D eigenvalue weighted by atomic mass is 9.92. The Morgan fingerprint density at radius 2 is 1.94 bits per heavy atom. The molecule has 0 aliphatic carbocycles. The smallest absolute Gasteiger partial charge is 0.359 e. The predicted molar refractivity (Wildman–Crippen MR) is 115 cm³/mol. The van der Waals surface area contributed by atoms with Crippen molar-refractivity contribution in [3.05, 3.63) is 54.1 Å². The maximum atomic E-state index is 12.6. The van der Waals surface area contributed by atoms with Crippen LogP contribution in [0.1, 0.15) is 37.0 Å². The Balaban J connectivity index is 1.44. The second kappa shape index (κ2) is 8.23. The molecule has 0 aliphatic rings. The Labute approximate surface area is 181 Å². The van der Waals surface area contributed by atoms with Crippen LogP contribution in [-0.2, 0) is 14.9 Å². The summed E-state index contributed by atoms with van der Waals surface area (Å²) in [5.74, 6) is -1.15. The second-order valence-electron chi connectivity index (χ2n) is 7.69. The fourth-order valence-corrected chi connectivity index (χ4v) is 3.64. The first-order valence-electron chi connectivity index (χ1n) is 9.42. The van der Waals surface area contributed by atoms with Crippen LogP contribution in [0, 0.1) is 0 Å². The van der Waals surface area contributed by atoms with Crippen molar-refractivity contribution < 1.29 is 18.8 Å². The zero-order valence-electron chi connectivity index (χ0n) is 17.1. The Bertz CT molecular complexity index is 1220. The summed E-state index contributed by atoms with van der Waals surface area (Å²) in [6.45, 7) is 5.41. The Morgan fingerprint density at radius 1 is 1.16 bits per heavy atom. The average molecular weight is 437 g/mol. The van der Waals surface area contributed by atoms with Gasteiger partial charge in [0.25, 0.3) is 5.91 Å². The molecule has 1 N–H and O–H groups in total. The number of esters is 1. The van der Waals surface area contributed by atoms with E-state index in [9.17, 15) is 9.59 Å². The van der Waals surface area contributed by atoms with Crippen LogP contribution in [0.25, 0.3) is 20.9 Å². The molecule has 0 radical (unpaired) electrons. The molecular weight excluding hydrogens is 418 g/mol. The van der Waals surface area contributed by atoms with Gasteiger partial charge >= 0.3 is 5.97 Å². The molecule has 31 heavy (non-hydrogen) atoms. The lowest BCUT2D eigenvalue weighted by Gasteiger charge is -2.12. The molecule has 9 nitrogen and oxygen atoms in total. The van der Waals surface area contributed by atoms with Crippen molar-refractivity contribution >= 4 is 39.3 Å². The van der Waals surface area contributed by atoms with E-state index >= 15 is 0 Å². The normalized spacial score (nSPS) is 11.5. The van der Waals surface area contributed by atoms with Gasteiger partial charge in [-0.05, 0) is 12.1 Å². The lowest BCUT2D eigenvalue weighted by molar-refractivity contribution is -0.119. The van der Waals surface area contributed by atoms with Gasteiger partial charge < -0.3 is 9.26 Å². The highest BCUT2D eigenvalue weighted by molar-refractivity contribution is 7.21. The van der Waals surface area contributed by atoms with Gasteiger partial charge in [-0.15, -0.1) is 11.3 Å². The van der Waals surface area contributed by atoms with E-state index in [-0.39, 0.29) is 17.0 Å². The second-order valence-corrected chi connectivity index (χ2v) is 8.72. The molecule has 1 amide bonds. The molecule has 0 saturated carbocycles. The number of nitrogens with one attached hydrogen (secondary N) is 1. The largest absolute Gasteiger partial charge is 0.451 e. The number of hydrogen-bond donors (Lipinski definition) is 1. The number of para-hydroxylation sites is 1. The summed E-state index contributed by atoms with van der Waals surface area (Å²) < 4.78 is 11.2. The number of aromatic nitrogens is 4. The number of nitrogens with zero attached hydrogens (tertiary/aromatic N) is 4. The molecule has 0 bridgehead atoms. The summed E-state index contributed by atoms with van der Waals surface area (Å²) >= 11 is 1.39. The third-order valence-corrected chi connectivity index (χ3v) is 5.31. The average Bonchev–Trinajstić information content (AvgIpc) is 3.39. The van der Waals surface area contributed by atoms with Crippen LogP contribution in [0.4, 0.5) is 5.88 Å². The van der Waals surface area contributed by atoms with E-state index in [1.807, 2.05) is 45.0 Å². The standard InChI is InChI=1S/C21H19N5O4S/c1-21(2,3)14-10-16(30-26-14)25-15(27)11-29-20(28)18-17(22-8-9-23-18)19-24-12-6-4-5-7-13(12)31-19/h4-10H,11H2,1-3H3,(H,25,27). The van der Waals surface area contributed by atoms with E-state index in [0.29, 0.717) is 16.4 Å². The van der Waals surface area contributed by atoms with E-state index in [0.717, 1.165) is 10.2 Å². The van der Waals surface area contributed by atoms with E-state index in [2.05, 4.69) is 25.4 Å². The number of rotatable bonds is 5. The number of amides is 1. The van der Waals surface area contributed by atoms with Crippen LogP contribution in [0.2, 0.25) is 0 Å². The summed E-state index contributed by atoms with van der Waals surface area (Å²) in [6, 6.07) is 9.24. The Morgan fingerprint density at radius 3 is 2.68 bits per heavy atom. The first kappa shape index (κ1) is 20.6. The number of hydrogen-bond acceptors (Lipinski definition) is 9. The van der Waals surface area contributed by atoms with Gasteiger partial charge in [0.1, 0.15) is 10.7 Å². The molecule has 4 rings (SSSR count). The number of ether oxygens (including phenoxy) is 1. The fourth-order valence-electron chi connectivity index (χ4n) is 2.68. The molecule has 1 aromatic carbocycles. The van der Waals surface area contributed by atoms with Crippen molar-refractivity contribution in [2.24, 2.45) is 0 Å². The van der Waals surface area contributed by atoms with Crippen LogP contribution < -0.4 is 5.32 Å². The molecule has 0 atom stereocenters. The summed E-state index contributed by atoms with van der Waals surface area (Å²) in [7, 11) is 0. The van der Waals surface area contributed by atoms with E-state index in [1.165, 1.54) is 23.7 Å². The molecule has 10 heteroatoms. The summed E-state index contributed by atoms with van der Waals surface area (Å²) in [6.07, 6.45) is 2.86. The third kappa shape index (κ3) is 4.58. The van der Waals surface area contributed by atoms with Gasteiger partial charge in [0.05, 0.1) is 15.9 Å². The minimum atomic E-state index is -0.773. The number of anilines is 1.